The number of piperidine rings is 1. The number of hydrogen-bond acceptors (Lipinski definition) is 4. The summed E-state index contributed by atoms with van der Waals surface area (Å²) in [5, 5.41) is 6.12. The summed E-state index contributed by atoms with van der Waals surface area (Å²) in [6.07, 6.45) is 2.81. The topological polar surface area (TPSA) is 62.3 Å². The van der Waals surface area contributed by atoms with E-state index in [0.717, 1.165) is 54.2 Å². The van der Waals surface area contributed by atoms with Gasteiger partial charge in [-0.1, -0.05) is 32.0 Å². The molecule has 6 heteroatoms. The second-order valence-corrected chi connectivity index (χ2v) is 8.67. The minimum atomic E-state index is 0.00463. The Hall–Kier alpha value is -2.21. The van der Waals surface area contributed by atoms with E-state index in [2.05, 4.69) is 10.7 Å². The molecule has 0 saturated carbocycles. The second kappa shape index (κ2) is 9.32. The minimum absolute atomic E-state index is 0.00463. The highest BCUT2D eigenvalue weighted by molar-refractivity contribution is 7.09. The molecule has 1 atom stereocenters. The number of hydrogen-bond donors (Lipinski definition) is 1. The maximum absolute atomic E-state index is 12.9. The number of amides is 2. The van der Waals surface area contributed by atoms with Crippen molar-refractivity contribution < 1.29 is 9.59 Å². The minimum Gasteiger partial charge on any atom is -0.355 e. The van der Waals surface area contributed by atoms with Gasteiger partial charge >= 0.3 is 0 Å². The largest absolute Gasteiger partial charge is 0.355 e. The summed E-state index contributed by atoms with van der Waals surface area (Å²) in [4.78, 5) is 31.4. The molecule has 1 aliphatic rings. The number of nitrogens with zero attached hydrogens (tertiary/aromatic N) is 2. The summed E-state index contributed by atoms with van der Waals surface area (Å²) in [5.41, 5.74) is 2.84. The van der Waals surface area contributed by atoms with Gasteiger partial charge in [0.05, 0.1) is 10.7 Å². The van der Waals surface area contributed by atoms with E-state index in [0.29, 0.717) is 12.5 Å². The van der Waals surface area contributed by atoms with Crippen LogP contribution in [0.1, 0.15) is 59.2 Å². The van der Waals surface area contributed by atoms with E-state index < -0.39 is 0 Å². The second-order valence-electron chi connectivity index (χ2n) is 7.78. The molecule has 1 aromatic carbocycles. The lowest BCUT2D eigenvalue weighted by molar-refractivity contribution is -0.123. The molecule has 0 aliphatic carbocycles. The van der Waals surface area contributed by atoms with Gasteiger partial charge in [0.2, 0.25) is 5.91 Å². The highest BCUT2D eigenvalue weighted by Crippen LogP contribution is 2.30. The van der Waals surface area contributed by atoms with Gasteiger partial charge in [-0.2, -0.15) is 0 Å². The Morgan fingerprint density at radius 3 is 2.86 bits per heavy atom. The number of aryl methyl sites for hydroxylation is 1. The molecule has 2 amide bonds. The van der Waals surface area contributed by atoms with Gasteiger partial charge in [-0.05, 0) is 31.4 Å². The first-order valence-corrected chi connectivity index (χ1v) is 10.9. The predicted octanol–water partition coefficient (Wildman–Crippen LogP) is 3.79. The van der Waals surface area contributed by atoms with Gasteiger partial charge in [0.25, 0.3) is 5.91 Å². The zero-order valence-electron chi connectivity index (χ0n) is 16.9. The lowest BCUT2D eigenvalue weighted by Gasteiger charge is -2.32. The molecule has 0 bridgehead atoms. The maximum atomic E-state index is 12.9. The lowest BCUT2D eigenvalue weighted by Crippen LogP contribution is -2.39. The predicted molar refractivity (Wildman–Crippen MR) is 113 cm³/mol. The summed E-state index contributed by atoms with van der Waals surface area (Å²) in [5.74, 6) is 0.500. The van der Waals surface area contributed by atoms with Crippen LogP contribution in [0.2, 0.25) is 0 Å². The number of likely N-dealkylation sites (tertiary alicyclic amines) is 1. The van der Waals surface area contributed by atoms with Gasteiger partial charge in [-0.25, -0.2) is 4.98 Å². The normalized spacial score (nSPS) is 17.0. The van der Waals surface area contributed by atoms with E-state index in [9.17, 15) is 9.59 Å². The van der Waals surface area contributed by atoms with Crippen molar-refractivity contribution in [1.82, 2.24) is 15.2 Å². The fraction of sp³-hybridized carbons (Fsp3) is 0.500. The molecule has 1 saturated heterocycles. The van der Waals surface area contributed by atoms with Crippen molar-refractivity contribution in [3.63, 3.8) is 0 Å². The molecule has 2 heterocycles. The highest BCUT2D eigenvalue weighted by atomic mass is 32.1. The van der Waals surface area contributed by atoms with Crippen LogP contribution in [0.3, 0.4) is 0 Å². The number of carbonyl (C=O) groups excluding carboxylic acids is 2. The Kier molecular flexibility index (Phi) is 6.83. The fourth-order valence-corrected chi connectivity index (χ4v) is 4.47. The standard InChI is InChI=1S/C22H29N3O2S/c1-15(2)20(26)23-11-10-18-14-28-21(24-18)17-8-6-12-25(13-17)22(27)19-9-5-4-7-16(19)3/h4-5,7,9,14-15,17H,6,8,10-13H2,1-3H3,(H,23,26)/t17-/m1/s1. The van der Waals surface area contributed by atoms with E-state index >= 15 is 0 Å². The SMILES string of the molecule is Cc1ccccc1C(=O)N1CCC[C@@H](c2nc(CCNC(=O)C(C)C)cs2)C1. The number of benzene rings is 1. The molecule has 0 spiro atoms. The third-order valence-electron chi connectivity index (χ3n) is 5.21. The smallest absolute Gasteiger partial charge is 0.254 e. The first-order chi connectivity index (χ1) is 13.5. The first-order valence-electron chi connectivity index (χ1n) is 10.0. The molecule has 0 radical (unpaired) electrons. The Balaban J connectivity index is 1.59. The molecule has 150 valence electrons. The maximum Gasteiger partial charge on any atom is 0.254 e. The number of thiazole rings is 1. The summed E-state index contributed by atoms with van der Waals surface area (Å²) in [6.45, 7) is 7.92. The van der Waals surface area contributed by atoms with E-state index in [1.54, 1.807) is 11.3 Å². The monoisotopic (exact) mass is 399 g/mol. The molecule has 1 N–H and O–H groups in total. The Bertz CT molecular complexity index is 831. The molecule has 1 fully saturated rings. The van der Waals surface area contributed by atoms with Crippen LogP contribution in [0, 0.1) is 12.8 Å². The molecule has 1 aromatic heterocycles. The van der Waals surface area contributed by atoms with Crippen LogP contribution < -0.4 is 5.32 Å². The number of rotatable bonds is 6. The molecule has 2 aromatic rings. The first kappa shape index (κ1) is 20.5. The Morgan fingerprint density at radius 2 is 2.11 bits per heavy atom. The number of carbonyl (C=O) groups is 2. The Morgan fingerprint density at radius 1 is 1.32 bits per heavy atom. The van der Waals surface area contributed by atoms with E-state index in [1.165, 1.54) is 0 Å². The van der Waals surface area contributed by atoms with Crippen molar-refractivity contribution in [3.8, 4) is 0 Å². The molecule has 0 unspecified atom stereocenters. The Labute approximate surface area is 171 Å². The van der Waals surface area contributed by atoms with Crippen LogP contribution in [0.5, 0.6) is 0 Å². The van der Waals surface area contributed by atoms with Crippen LogP contribution in [0.25, 0.3) is 0 Å². The summed E-state index contributed by atoms with van der Waals surface area (Å²) >= 11 is 1.67. The zero-order chi connectivity index (χ0) is 20.1. The van der Waals surface area contributed by atoms with Crippen molar-refractivity contribution in [2.45, 2.75) is 46.0 Å². The molecule has 5 nitrogen and oxygen atoms in total. The van der Waals surface area contributed by atoms with Gasteiger partial charge in [0, 0.05) is 48.8 Å². The van der Waals surface area contributed by atoms with Crippen LogP contribution in [-0.4, -0.2) is 41.3 Å². The van der Waals surface area contributed by atoms with E-state index in [1.807, 2.05) is 49.9 Å². The molecule has 1 aliphatic heterocycles. The van der Waals surface area contributed by atoms with Gasteiger partial charge in [0.1, 0.15) is 0 Å². The van der Waals surface area contributed by atoms with Crippen LogP contribution >= 0.6 is 11.3 Å². The lowest BCUT2D eigenvalue weighted by atomic mass is 9.97. The third kappa shape index (κ3) is 4.98. The average molecular weight is 400 g/mol. The van der Waals surface area contributed by atoms with Crippen LogP contribution in [0.4, 0.5) is 0 Å². The summed E-state index contributed by atoms with van der Waals surface area (Å²) in [7, 11) is 0. The quantitative estimate of drug-likeness (QED) is 0.804. The zero-order valence-corrected chi connectivity index (χ0v) is 17.7. The van der Waals surface area contributed by atoms with Crippen molar-refractivity contribution >= 4 is 23.2 Å². The third-order valence-corrected chi connectivity index (χ3v) is 6.26. The molecule has 28 heavy (non-hydrogen) atoms. The highest BCUT2D eigenvalue weighted by Gasteiger charge is 2.27. The van der Waals surface area contributed by atoms with Crippen molar-refractivity contribution in [1.29, 1.82) is 0 Å². The van der Waals surface area contributed by atoms with Crippen molar-refractivity contribution in [2.24, 2.45) is 5.92 Å². The van der Waals surface area contributed by atoms with Crippen molar-refractivity contribution in [3.05, 3.63) is 51.5 Å². The summed E-state index contributed by atoms with van der Waals surface area (Å²) in [6, 6.07) is 7.78. The molecule has 3 rings (SSSR count). The van der Waals surface area contributed by atoms with Gasteiger partial charge in [-0.3, -0.25) is 9.59 Å². The molecular weight excluding hydrogens is 370 g/mol. The number of aromatic nitrogens is 1. The summed E-state index contributed by atoms with van der Waals surface area (Å²) < 4.78 is 0. The van der Waals surface area contributed by atoms with Crippen LogP contribution in [0.15, 0.2) is 29.6 Å². The average Bonchev–Trinajstić information content (AvgIpc) is 3.17. The van der Waals surface area contributed by atoms with E-state index in [4.69, 9.17) is 4.98 Å². The van der Waals surface area contributed by atoms with Gasteiger partial charge < -0.3 is 10.2 Å². The van der Waals surface area contributed by atoms with Gasteiger partial charge in [-0.15, -0.1) is 11.3 Å². The van der Waals surface area contributed by atoms with Gasteiger partial charge in [0.15, 0.2) is 0 Å². The van der Waals surface area contributed by atoms with Crippen LogP contribution in [-0.2, 0) is 11.2 Å². The van der Waals surface area contributed by atoms with E-state index in [-0.39, 0.29) is 17.7 Å². The number of nitrogens with one attached hydrogen (secondary N) is 1. The van der Waals surface area contributed by atoms with Crippen molar-refractivity contribution in [2.75, 3.05) is 19.6 Å². The molecular formula is C22H29N3O2S. The fourth-order valence-electron chi connectivity index (χ4n) is 3.49.